The predicted molar refractivity (Wildman–Crippen MR) is 117 cm³/mol. The van der Waals surface area contributed by atoms with Gasteiger partial charge in [0.05, 0.1) is 18.1 Å². The third-order valence-corrected chi connectivity index (χ3v) is 7.69. The van der Waals surface area contributed by atoms with Crippen LogP contribution in [0.4, 0.5) is 5.69 Å². The summed E-state index contributed by atoms with van der Waals surface area (Å²) in [5.74, 6) is -0.0574. The summed E-state index contributed by atoms with van der Waals surface area (Å²) in [6.07, 6.45) is 0.646. The Kier molecular flexibility index (Phi) is 5.46. The Morgan fingerprint density at radius 1 is 0.967 bits per heavy atom. The molecule has 1 fully saturated rings. The Hall–Kier alpha value is -2.22. The van der Waals surface area contributed by atoms with E-state index in [4.69, 9.17) is 4.74 Å². The molecule has 2 aromatic carbocycles. The summed E-state index contributed by atoms with van der Waals surface area (Å²) < 4.78 is 32.6. The van der Waals surface area contributed by atoms with Crippen LogP contribution in [0.2, 0.25) is 0 Å². The SMILES string of the molecule is CC(C)(C)c1ccc(C(=O)N2CCc3cc(S(=O)(=O)N4CCOCC4)ccc32)cc1. The average molecular weight is 429 g/mol. The number of sulfonamides is 1. The van der Waals surface area contributed by atoms with Crippen molar-refractivity contribution in [3.05, 3.63) is 59.2 Å². The van der Waals surface area contributed by atoms with Crippen molar-refractivity contribution in [3.63, 3.8) is 0 Å². The van der Waals surface area contributed by atoms with Crippen LogP contribution < -0.4 is 4.90 Å². The van der Waals surface area contributed by atoms with Gasteiger partial charge >= 0.3 is 0 Å². The lowest BCUT2D eigenvalue weighted by atomic mass is 9.86. The Labute approximate surface area is 178 Å². The molecule has 0 aliphatic carbocycles. The van der Waals surface area contributed by atoms with Crippen LogP contribution in [0.25, 0.3) is 0 Å². The predicted octanol–water partition coefficient (Wildman–Crippen LogP) is 3.21. The lowest BCUT2D eigenvalue weighted by molar-refractivity contribution is 0.0730. The van der Waals surface area contributed by atoms with E-state index in [1.165, 1.54) is 9.87 Å². The summed E-state index contributed by atoms with van der Waals surface area (Å²) in [7, 11) is -3.54. The fraction of sp³-hybridized carbons (Fsp3) is 0.435. The molecule has 1 saturated heterocycles. The van der Waals surface area contributed by atoms with Gasteiger partial charge in [0.1, 0.15) is 0 Å². The molecule has 0 spiro atoms. The van der Waals surface area contributed by atoms with Gasteiger partial charge in [0, 0.05) is 30.9 Å². The number of hydrogen-bond acceptors (Lipinski definition) is 4. The highest BCUT2D eigenvalue weighted by Gasteiger charge is 2.30. The number of ether oxygens (including phenoxy) is 1. The van der Waals surface area contributed by atoms with Crippen molar-refractivity contribution in [2.24, 2.45) is 0 Å². The van der Waals surface area contributed by atoms with E-state index in [-0.39, 0.29) is 16.2 Å². The first kappa shape index (κ1) is 21.0. The molecular weight excluding hydrogens is 400 g/mol. The number of carbonyl (C=O) groups is 1. The van der Waals surface area contributed by atoms with E-state index in [9.17, 15) is 13.2 Å². The van der Waals surface area contributed by atoms with E-state index in [1.807, 2.05) is 24.3 Å². The molecule has 4 rings (SSSR count). The highest BCUT2D eigenvalue weighted by molar-refractivity contribution is 7.89. The van der Waals surface area contributed by atoms with Gasteiger partial charge in [-0.05, 0) is 53.3 Å². The van der Waals surface area contributed by atoms with Gasteiger partial charge < -0.3 is 9.64 Å². The molecule has 0 aromatic heterocycles. The number of anilines is 1. The molecule has 1 amide bonds. The maximum absolute atomic E-state index is 13.1. The summed E-state index contributed by atoms with van der Waals surface area (Å²) in [5, 5.41) is 0. The van der Waals surface area contributed by atoms with Crippen molar-refractivity contribution in [2.75, 3.05) is 37.7 Å². The van der Waals surface area contributed by atoms with E-state index in [0.29, 0.717) is 44.8 Å². The topological polar surface area (TPSA) is 66.9 Å². The first-order valence-electron chi connectivity index (χ1n) is 10.3. The van der Waals surface area contributed by atoms with Crippen LogP contribution >= 0.6 is 0 Å². The van der Waals surface area contributed by atoms with E-state index in [0.717, 1.165) is 11.3 Å². The molecular formula is C23H28N2O4S. The molecule has 160 valence electrons. The van der Waals surface area contributed by atoms with Crippen LogP contribution in [0.15, 0.2) is 47.4 Å². The third-order valence-electron chi connectivity index (χ3n) is 5.80. The molecule has 2 aromatic rings. The second-order valence-electron chi connectivity index (χ2n) is 8.84. The number of rotatable bonds is 3. The number of hydrogen-bond donors (Lipinski definition) is 0. The second kappa shape index (κ2) is 7.80. The van der Waals surface area contributed by atoms with Crippen LogP contribution in [-0.2, 0) is 26.6 Å². The zero-order valence-electron chi connectivity index (χ0n) is 17.7. The quantitative estimate of drug-likeness (QED) is 0.753. The standard InChI is InChI=1S/C23H28N2O4S/c1-23(2,3)19-6-4-17(5-7-19)22(26)25-11-10-18-16-20(8-9-21(18)25)30(27,28)24-12-14-29-15-13-24/h4-9,16H,10-15H2,1-3H3. The van der Waals surface area contributed by atoms with E-state index >= 15 is 0 Å². The van der Waals surface area contributed by atoms with Crippen molar-refractivity contribution in [1.29, 1.82) is 0 Å². The highest BCUT2D eigenvalue weighted by atomic mass is 32.2. The number of amides is 1. The van der Waals surface area contributed by atoms with Crippen LogP contribution in [0.3, 0.4) is 0 Å². The molecule has 2 heterocycles. The first-order chi connectivity index (χ1) is 14.2. The fourth-order valence-electron chi connectivity index (χ4n) is 3.95. The Bertz CT molecular complexity index is 1050. The summed E-state index contributed by atoms with van der Waals surface area (Å²) in [4.78, 5) is 15.1. The maximum Gasteiger partial charge on any atom is 0.258 e. The number of morpholine rings is 1. The van der Waals surface area contributed by atoms with Gasteiger partial charge in [-0.2, -0.15) is 4.31 Å². The minimum absolute atomic E-state index is 0.0319. The van der Waals surface area contributed by atoms with Gasteiger partial charge in [0.15, 0.2) is 0 Å². The molecule has 0 saturated carbocycles. The first-order valence-corrected chi connectivity index (χ1v) is 11.8. The number of carbonyl (C=O) groups excluding carboxylic acids is 1. The van der Waals surface area contributed by atoms with Gasteiger partial charge in [-0.25, -0.2) is 8.42 Å². The molecule has 2 aliphatic rings. The number of fused-ring (bicyclic) bond motifs is 1. The lowest BCUT2D eigenvalue weighted by Gasteiger charge is -2.26. The van der Waals surface area contributed by atoms with Crippen LogP contribution in [0.1, 0.15) is 42.3 Å². The molecule has 0 N–H and O–H groups in total. The zero-order valence-corrected chi connectivity index (χ0v) is 18.5. The summed E-state index contributed by atoms with van der Waals surface area (Å²) in [6, 6.07) is 12.8. The van der Waals surface area contributed by atoms with Gasteiger partial charge in [-0.15, -0.1) is 0 Å². The second-order valence-corrected chi connectivity index (χ2v) is 10.8. The van der Waals surface area contributed by atoms with Gasteiger partial charge in [-0.1, -0.05) is 32.9 Å². The highest BCUT2D eigenvalue weighted by Crippen LogP contribution is 2.32. The molecule has 2 aliphatic heterocycles. The van der Waals surface area contributed by atoms with Crippen molar-refractivity contribution in [3.8, 4) is 0 Å². The van der Waals surface area contributed by atoms with Crippen LogP contribution in [0, 0.1) is 0 Å². The fourth-order valence-corrected chi connectivity index (χ4v) is 5.41. The largest absolute Gasteiger partial charge is 0.379 e. The minimum Gasteiger partial charge on any atom is -0.379 e. The third kappa shape index (κ3) is 3.89. The average Bonchev–Trinajstić information content (AvgIpc) is 3.16. The lowest BCUT2D eigenvalue weighted by Crippen LogP contribution is -2.40. The Morgan fingerprint density at radius 3 is 2.27 bits per heavy atom. The van der Waals surface area contributed by atoms with E-state index in [1.54, 1.807) is 23.1 Å². The van der Waals surface area contributed by atoms with Crippen molar-refractivity contribution in [1.82, 2.24) is 4.31 Å². The molecule has 0 atom stereocenters. The zero-order chi connectivity index (χ0) is 21.5. The number of nitrogens with zero attached hydrogens (tertiary/aromatic N) is 2. The molecule has 6 nitrogen and oxygen atoms in total. The molecule has 0 radical (unpaired) electrons. The maximum atomic E-state index is 13.1. The van der Waals surface area contributed by atoms with Gasteiger partial charge in [-0.3, -0.25) is 4.79 Å². The molecule has 0 bridgehead atoms. The van der Waals surface area contributed by atoms with Crippen molar-refractivity contribution < 1.29 is 17.9 Å². The van der Waals surface area contributed by atoms with Gasteiger partial charge in [0.25, 0.3) is 5.91 Å². The summed E-state index contributed by atoms with van der Waals surface area (Å²) >= 11 is 0. The normalized spacial score (nSPS) is 17.8. The van der Waals surface area contributed by atoms with Gasteiger partial charge in [0.2, 0.25) is 10.0 Å². The summed E-state index contributed by atoms with van der Waals surface area (Å²) in [6.45, 7) is 8.55. The molecule has 0 unspecified atom stereocenters. The van der Waals surface area contributed by atoms with Crippen molar-refractivity contribution in [2.45, 2.75) is 37.5 Å². The van der Waals surface area contributed by atoms with Crippen molar-refractivity contribution >= 4 is 21.6 Å². The summed E-state index contributed by atoms with van der Waals surface area (Å²) in [5.41, 5.74) is 3.54. The van der Waals surface area contributed by atoms with Crippen LogP contribution in [-0.4, -0.2) is 51.5 Å². The number of benzene rings is 2. The molecule has 7 heteroatoms. The minimum atomic E-state index is -3.54. The van der Waals surface area contributed by atoms with E-state index < -0.39 is 10.0 Å². The van der Waals surface area contributed by atoms with E-state index in [2.05, 4.69) is 20.8 Å². The Balaban J connectivity index is 1.57. The van der Waals surface area contributed by atoms with Crippen LogP contribution in [0.5, 0.6) is 0 Å². The smallest absolute Gasteiger partial charge is 0.258 e. The monoisotopic (exact) mass is 428 g/mol. The molecule has 30 heavy (non-hydrogen) atoms. The Morgan fingerprint density at radius 2 is 1.63 bits per heavy atom.